The fraction of sp³-hybridized carbons (Fsp3) is 0.444. The molecule has 0 spiro atoms. The highest BCUT2D eigenvalue weighted by Gasteiger charge is 2.50. The monoisotopic (exact) mass is 537 g/mol. The predicted octanol–water partition coefficient (Wildman–Crippen LogP) is 2.48. The third kappa shape index (κ3) is 6.51. The molecule has 0 unspecified atom stereocenters. The number of nitrogens with zero attached hydrogens (tertiary/aromatic N) is 4. The number of nitrogens with one attached hydrogen (secondary N) is 1. The van der Waals surface area contributed by atoms with E-state index >= 15 is 0 Å². The van der Waals surface area contributed by atoms with Gasteiger partial charge in [-0.25, -0.2) is 14.3 Å². The van der Waals surface area contributed by atoms with Gasteiger partial charge < -0.3 is 24.4 Å². The van der Waals surface area contributed by atoms with Crippen molar-refractivity contribution in [3.63, 3.8) is 0 Å². The summed E-state index contributed by atoms with van der Waals surface area (Å²) in [5, 5.41) is 38.2. The second-order valence-corrected chi connectivity index (χ2v) is 9.29. The van der Waals surface area contributed by atoms with E-state index in [0.717, 1.165) is 24.8 Å². The molecule has 1 saturated heterocycles. The summed E-state index contributed by atoms with van der Waals surface area (Å²) in [6, 6.07) is 14.3. The van der Waals surface area contributed by atoms with Gasteiger partial charge in [-0.2, -0.15) is 10.4 Å². The van der Waals surface area contributed by atoms with E-state index in [2.05, 4.69) is 21.5 Å². The van der Waals surface area contributed by atoms with Crippen LogP contribution in [0.3, 0.4) is 0 Å². The molecule has 0 aliphatic carbocycles. The van der Waals surface area contributed by atoms with E-state index in [1.54, 1.807) is 36.4 Å². The maximum atomic E-state index is 12.3. The van der Waals surface area contributed by atoms with Gasteiger partial charge in [-0.1, -0.05) is 50.1 Å². The van der Waals surface area contributed by atoms with Crippen LogP contribution in [0.2, 0.25) is 0 Å². The summed E-state index contributed by atoms with van der Waals surface area (Å²) in [6.45, 7) is 1.95. The molecule has 3 aromatic rings. The Hall–Kier alpha value is -4.05. The van der Waals surface area contributed by atoms with Crippen molar-refractivity contribution in [3.8, 4) is 6.07 Å². The van der Waals surface area contributed by atoms with E-state index in [-0.39, 0.29) is 37.6 Å². The molecule has 12 heteroatoms. The zero-order valence-corrected chi connectivity index (χ0v) is 21.5. The molecule has 206 valence electrons. The van der Waals surface area contributed by atoms with Crippen LogP contribution in [0.25, 0.3) is 5.52 Å². The van der Waals surface area contributed by atoms with Crippen LogP contribution in [0.15, 0.2) is 48.8 Å². The Bertz CT molecular complexity index is 1330. The second-order valence-electron chi connectivity index (χ2n) is 9.29. The van der Waals surface area contributed by atoms with Gasteiger partial charge in [0.2, 0.25) is 0 Å². The van der Waals surface area contributed by atoms with Crippen molar-refractivity contribution in [1.82, 2.24) is 14.6 Å². The van der Waals surface area contributed by atoms with E-state index in [4.69, 9.17) is 14.2 Å². The largest absolute Gasteiger partial charge is 0.463 e. The van der Waals surface area contributed by atoms with E-state index < -0.39 is 36.0 Å². The fourth-order valence-electron chi connectivity index (χ4n) is 4.44. The average molecular weight is 538 g/mol. The molecule has 12 nitrogen and oxygen atoms in total. The summed E-state index contributed by atoms with van der Waals surface area (Å²) in [5.74, 6) is -0.384. The first kappa shape index (κ1) is 28.0. The maximum absolute atomic E-state index is 12.3. The number of anilines is 1. The highest BCUT2D eigenvalue weighted by Crippen LogP contribution is 2.39. The Morgan fingerprint density at radius 3 is 2.74 bits per heavy atom. The van der Waals surface area contributed by atoms with Crippen LogP contribution in [0.1, 0.15) is 43.9 Å². The minimum atomic E-state index is -1.74. The molecule has 0 bridgehead atoms. The fourth-order valence-corrected chi connectivity index (χ4v) is 4.44. The number of aliphatic hydroxyl groups is 2. The molecule has 1 fully saturated rings. The topological polar surface area (TPSA) is 168 Å². The van der Waals surface area contributed by atoms with Crippen LogP contribution in [-0.2, 0) is 31.0 Å². The van der Waals surface area contributed by atoms with Crippen molar-refractivity contribution in [2.45, 2.75) is 62.9 Å². The average Bonchev–Trinajstić information content (AvgIpc) is 3.38. The third-order valence-electron chi connectivity index (χ3n) is 6.47. The lowest BCUT2D eigenvalue weighted by Crippen LogP contribution is -2.54. The summed E-state index contributed by atoms with van der Waals surface area (Å²) in [5.41, 5.74) is -0.378. The van der Waals surface area contributed by atoms with Gasteiger partial charge >= 0.3 is 12.1 Å². The number of nitriles is 1. The zero-order valence-electron chi connectivity index (χ0n) is 21.5. The number of fused-ring (bicyclic) bond motifs is 1. The molecule has 4 rings (SSSR count). The number of esters is 1. The third-order valence-corrected chi connectivity index (χ3v) is 6.47. The van der Waals surface area contributed by atoms with Gasteiger partial charge in [-0.15, -0.1) is 0 Å². The van der Waals surface area contributed by atoms with Crippen molar-refractivity contribution in [1.29, 1.82) is 5.26 Å². The summed E-state index contributed by atoms with van der Waals surface area (Å²) in [7, 11) is 0. The lowest BCUT2D eigenvalue weighted by Gasteiger charge is -2.41. The highest BCUT2D eigenvalue weighted by atomic mass is 16.6. The molecule has 39 heavy (non-hydrogen) atoms. The van der Waals surface area contributed by atoms with Gasteiger partial charge in [0.1, 0.15) is 36.7 Å². The predicted molar refractivity (Wildman–Crippen MR) is 137 cm³/mol. The Morgan fingerprint density at radius 2 is 2.00 bits per heavy atom. The Labute approximate surface area is 225 Å². The van der Waals surface area contributed by atoms with Gasteiger partial charge in [0, 0.05) is 6.42 Å². The number of carbonyl (C=O) groups excluding carboxylic acids is 2. The number of unbranched alkanes of at least 4 members (excludes halogenated alkanes) is 2. The first-order valence-corrected chi connectivity index (χ1v) is 12.8. The Morgan fingerprint density at radius 1 is 1.21 bits per heavy atom. The van der Waals surface area contributed by atoms with Gasteiger partial charge in [0.25, 0.3) is 0 Å². The Kier molecular flexibility index (Phi) is 9.08. The van der Waals surface area contributed by atoms with Gasteiger partial charge in [-0.05, 0) is 24.1 Å². The first-order valence-electron chi connectivity index (χ1n) is 12.8. The molecular formula is C27H31N5O7. The van der Waals surface area contributed by atoms with E-state index in [1.165, 1.54) is 10.8 Å². The van der Waals surface area contributed by atoms with E-state index in [9.17, 15) is 25.1 Å². The lowest BCUT2D eigenvalue weighted by molar-refractivity contribution is -0.215. The number of benzene rings is 1. The van der Waals surface area contributed by atoms with Crippen LogP contribution < -0.4 is 5.32 Å². The van der Waals surface area contributed by atoms with Crippen LogP contribution >= 0.6 is 0 Å². The van der Waals surface area contributed by atoms with Crippen LogP contribution in [0, 0.1) is 11.3 Å². The molecule has 3 heterocycles. The number of hydrogen-bond donors (Lipinski definition) is 3. The highest BCUT2D eigenvalue weighted by molar-refractivity contribution is 5.88. The molecule has 0 saturated carbocycles. The van der Waals surface area contributed by atoms with Crippen molar-refractivity contribution < 1.29 is 34.0 Å². The van der Waals surface area contributed by atoms with Crippen molar-refractivity contribution in [2.24, 2.45) is 0 Å². The molecule has 1 aliphatic rings. The summed E-state index contributed by atoms with van der Waals surface area (Å²) >= 11 is 0. The minimum Gasteiger partial charge on any atom is -0.463 e. The smallest absolute Gasteiger partial charge is 0.412 e. The maximum Gasteiger partial charge on any atom is 0.412 e. The second kappa shape index (κ2) is 12.7. The van der Waals surface area contributed by atoms with E-state index in [1.807, 2.05) is 13.0 Å². The molecule has 3 N–H and O–H groups in total. The minimum absolute atomic E-state index is 0.0205. The van der Waals surface area contributed by atoms with Gasteiger partial charge in [0.15, 0.2) is 11.4 Å². The van der Waals surface area contributed by atoms with Crippen LogP contribution in [0.4, 0.5) is 10.6 Å². The summed E-state index contributed by atoms with van der Waals surface area (Å²) < 4.78 is 17.9. The number of hydrogen-bond acceptors (Lipinski definition) is 10. The van der Waals surface area contributed by atoms with Crippen molar-refractivity contribution in [2.75, 3.05) is 18.5 Å². The normalized spacial score (nSPS) is 22.7. The summed E-state index contributed by atoms with van der Waals surface area (Å²) in [6.07, 6.45) is -0.957. The molecular weight excluding hydrogens is 506 g/mol. The number of aliphatic hydroxyl groups excluding tert-OH is 2. The molecule has 1 aromatic carbocycles. The van der Waals surface area contributed by atoms with Gasteiger partial charge in [0.05, 0.1) is 24.8 Å². The van der Waals surface area contributed by atoms with Crippen molar-refractivity contribution >= 4 is 23.4 Å². The first-order chi connectivity index (χ1) is 18.9. The quantitative estimate of drug-likeness (QED) is 0.258. The molecule has 0 radical (unpaired) electrons. The Balaban J connectivity index is 1.50. The number of rotatable bonds is 10. The molecule has 1 amide bonds. The number of aromatic nitrogens is 3. The van der Waals surface area contributed by atoms with Crippen LogP contribution in [-0.4, -0.2) is 68.4 Å². The van der Waals surface area contributed by atoms with Crippen molar-refractivity contribution in [3.05, 3.63) is 60.0 Å². The standard InChI is InChI=1S/C27H31N5O7/c1-2-3-7-12-37-26(36)31-25-19-10-11-22(32(19)30-17-29-25)27(16-28)14-20(33)24(35)21(39-27)15-38-23(34)13-18-8-5-4-6-9-18/h4-6,8-11,17,20-21,24,33,35H,2-3,7,12-15H2,1H3,(H,29,30,31,36)/t20-,21+,24-,27-/m0/s1. The molecule has 1 aliphatic heterocycles. The van der Waals surface area contributed by atoms with E-state index in [0.29, 0.717) is 5.52 Å². The van der Waals surface area contributed by atoms with Crippen LogP contribution in [0.5, 0.6) is 0 Å². The molecule has 4 atom stereocenters. The summed E-state index contributed by atoms with van der Waals surface area (Å²) in [4.78, 5) is 28.7. The number of carbonyl (C=O) groups is 2. The lowest BCUT2D eigenvalue weighted by atomic mass is 9.86. The number of ether oxygens (including phenoxy) is 3. The van der Waals surface area contributed by atoms with Gasteiger partial charge in [-0.3, -0.25) is 10.1 Å². The number of amides is 1. The molecule has 2 aromatic heterocycles. The zero-order chi connectivity index (χ0) is 27.8. The SMILES string of the molecule is CCCCCOC(=O)Nc1ncnn2c([C@@]3(C#N)C[C@H](O)[C@H](O)[C@@H](COC(=O)Cc4ccccc4)O3)ccc12.